The molecule has 2 saturated carbocycles. The van der Waals surface area contributed by atoms with E-state index in [2.05, 4.69) is 26.6 Å². The second-order valence-corrected chi connectivity index (χ2v) is 7.77. The van der Waals surface area contributed by atoms with Crippen LogP contribution in [0.1, 0.15) is 13.3 Å². The minimum Gasteiger partial charge on any atom is -0.461 e. The van der Waals surface area contributed by atoms with Crippen molar-refractivity contribution in [3.63, 3.8) is 0 Å². The SMILES string of the molecule is CC(=O)Nc1ccc(NC(=O)[C@@H]2[C@H]3C[C@H]4[C@H](OC(=O)[C@@H]42)[C@@H]3Br)cc1. The van der Waals surface area contributed by atoms with Crippen molar-refractivity contribution in [1.29, 1.82) is 0 Å². The molecule has 0 unspecified atom stereocenters. The molecule has 1 aliphatic heterocycles. The van der Waals surface area contributed by atoms with Crippen LogP contribution in [0.2, 0.25) is 0 Å². The topological polar surface area (TPSA) is 84.5 Å². The van der Waals surface area contributed by atoms with Crippen LogP contribution in [0.4, 0.5) is 11.4 Å². The smallest absolute Gasteiger partial charge is 0.310 e. The molecule has 6 atom stereocenters. The van der Waals surface area contributed by atoms with Crippen LogP contribution in [0, 0.1) is 23.7 Å². The second-order valence-electron chi connectivity index (χ2n) is 6.71. The van der Waals surface area contributed by atoms with Gasteiger partial charge in [0.25, 0.3) is 0 Å². The fourth-order valence-corrected chi connectivity index (χ4v) is 5.44. The maximum absolute atomic E-state index is 12.7. The Kier molecular flexibility index (Phi) is 3.63. The van der Waals surface area contributed by atoms with E-state index in [4.69, 9.17) is 4.74 Å². The highest BCUT2D eigenvalue weighted by Crippen LogP contribution is 2.60. The van der Waals surface area contributed by atoms with Crippen LogP contribution in [0.5, 0.6) is 0 Å². The van der Waals surface area contributed by atoms with Gasteiger partial charge < -0.3 is 15.4 Å². The first-order chi connectivity index (χ1) is 11.5. The summed E-state index contributed by atoms with van der Waals surface area (Å²) in [6, 6.07) is 6.92. The minimum absolute atomic E-state index is 0.0584. The predicted molar refractivity (Wildman–Crippen MR) is 90.5 cm³/mol. The van der Waals surface area contributed by atoms with E-state index in [1.54, 1.807) is 24.3 Å². The average molecular weight is 393 g/mol. The van der Waals surface area contributed by atoms with Crippen molar-refractivity contribution in [3.8, 4) is 0 Å². The lowest BCUT2D eigenvalue weighted by atomic mass is 9.79. The summed E-state index contributed by atoms with van der Waals surface area (Å²) in [7, 11) is 0. The number of nitrogens with one attached hydrogen (secondary N) is 2. The first-order valence-corrected chi connectivity index (χ1v) is 8.90. The molecule has 1 saturated heterocycles. The van der Waals surface area contributed by atoms with Gasteiger partial charge >= 0.3 is 5.97 Å². The van der Waals surface area contributed by atoms with Gasteiger partial charge in [0.1, 0.15) is 6.10 Å². The number of halogens is 1. The number of fused-ring (bicyclic) bond motifs is 1. The highest BCUT2D eigenvalue weighted by Gasteiger charge is 2.67. The highest BCUT2D eigenvalue weighted by molar-refractivity contribution is 9.09. The van der Waals surface area contributed by atoms with E-state index >= 15 is 0 Å². The number of ether oxygens (including phenoxy) is 1. The maximum atomic E-state index is 12.7. The molecule has 7 heteroatoms. The lowest BCUT2D eigenvalue weighted by Crippen LogP contribution is -2.40. The van der Waals surface area contributed by atoms with Crippen molar-refractivity contribution in [2.75, 3.05) is 10.6 Å². The zero-order chi connectivity index (χ0) is 17.0. The van der Waals surface area contributed by atoms with Crippen molar-refractivity contribution in [3.05, 3.63) is 24.3 Å². The van der Waals surface area contributed by atoms with Crippen LogP contribution in [0.25, 0.3) is 0 Å². The third kappa shape index (κ3) is 2.33. The van der Waals surface area contributed by atoms with Crippen molar-refractivity contribution < 1.29 is 19.1 Å². The van der Waals surface area contributed by atoms with Crippen LogP contribution in [-0.4, -0.2) is 28.7 Å². The Morgan fingerprint density at radius 3 is 2.38 bits per heavy atom. The Bertz CT molecular complexity index is 720. The molecule has 6 nitrogen and oxygen atoms in total. The molecular formula is C17H17BrN2O4. The van der Waals surface area contributed by atoms with Crippen molar-refractivity contribution >= 4 is 45.1 Å². The largest absolute Gasteiger partial charge is 0.461 e. The molecule has 24 heavy (non-hydrogen) atoms. The maximum Gasteiger partial charge on any atom is 0.310 e. The van der Waals surface area contributed by atoms with Gasteiger partial charge in [0.2, 0.25) is 11.8 Å². The van der Waals surface area contributed by atoms with Gasteiger partial charge in [-0.2, -0.15) is 0 Å². The van der Waals surface area contributed by atoms with E-state index in [9.17, 15) is 14.4 Å². The number of hydrogen-bond acceptors (Lipinski definition) is 4. The van der Waals surface area contributed by atoms with E-state index in [0.717, 1.165) is 6.42 Å². The van der Waals surface area contributed by atoms with E-state index in [-0.39, 0.29) is 52.4 Å². The Morgan fingerprint density at radius 1 is 1.12 bits per heavy atom. The third-order valence-corrected chi connectivity index (χ3v) is 6.50. The molecule has 4 rings (SSSR count). The summed E-state index contributed by atoms with van der Waals surface area (Å²) in [5.74, 6) is -0.892. The summed E-state index contributed by atoms with van der Waals surface area (Å²) in [4.78, 5) is 35.9. The molecule has 2 aliphatic carbocycles. The Labute approximate surface area is 147 Å². The summed E-state index contributed by atoms with van der Waals surface area (Å²) in [6.45, 7) is 1.44. The molecule has 0 radical (unpaired) electrons. The molecule has 2 amide bonds. The fraction of sp³-hybridized carbons (Fsp3) is 0.471. The monoisotopic (exact) mass is 392 g/mol. The predicted octanol–water partition coefficient (Wildman–Crippen LogP) is 2.15. The van der Waals surface area contributed by atoms with Crippen LogP contribution in [0.15, 0.2) is 24.3 Å². The number of carbonyl (C=O) groups is 3. The van der Waals surface area contributed by atoms with Crippen molar-refractivity contribution in [1.82, 2.24) is 0 Å². The summed E-state index contributed by atoms with van der Waals surface area (Å²) >= 11 is 3.61. The van der Waals surface area contributed by atoms with Crippen LogP contribution in [-0.2, 0) is 19.1 Å². The Hall–Kier alpha value is -1.89. The molecule has 2 bridgehead atoms. The molecule has 0 spiro atoms. The van der Waals surface area contributed by atoms with Gasteiger partial charge in [-0.25, -0.2) is 0 Å². The molecule has 126 valence electrons. The first-order valence-electron chi connectivity index (χ1n) is 7.99. The quantitative estimate of drug-likeness (QED) is 0.609. The van der Waals surface area contributed by atoms with Crippen LogP contribution >= 0.6 is 15.9 Å². The van der Waals surface area contributed by atoms with Gasteiger partial charge in [-0.05, 0) is 36.6 Å². The molecule has 0 aromatic heterocycles. The number of anilines is 2. The number of carbonyl (C=O) groups excluding carboxylic acids is 3. The molecule has 1 heterocycles. The van der Waals surface area contributed by atoms with Crippen LogP contribution < -0.4 is 10.6 Å². The van der Waals surface area contributed by atoms with Crippen molar-refractivity contribution in [2.24, 2.45) is 23.7 Å². The molecule has 3 fully saturated rings. The normalized spacial score (nSPS) is 35.7. The van der Waals surface area contributed by atoms with Crippen molar-refractivity contribution in [2.45, 2.75) is 24.3 Å². The summed E-state index contributed by atoms with van der Waals surface area (Å²) in [5, 5.41) is 5.57. The van der Waals surface area contributed by atoms with Gasteiger partial charge in [-0.3, -0.25) is 14.4 Å². The number of amides is 2. The molecule has 2 N–H and O–H groups in total. The van der Waals surface area contributed by atoms with Gasteiger partial charge in [0.05, 0.1) is 16.7 Å². The van der Waals surface area contributed by atoms with E-state index in [0.29, 0.717) is 11.4 Å². The van der Waals surface area contributed by atoms with E-state index in [1.165, 1.54) is 6.92 Å². The fourth-order valence-electron chi connectivity index (χ4n) is 4.40. The van der Waals surface area contributed by atoms with Gasteiger partial charge in [-0.15, -0.1) is 0 Å². The lowest BCUT2D eigenvalue weighted by molar-refractivity contribution is -0.145. The van der Waals surface area contributed by atoms with Gasteiger partial charge in [-0.1, -0.05) is 15.9 Å². The molecule has 1 aromatic carbocycles. The minimum atomic E-state index is -0.347. The van der Waals surface area contributed by atoms with Gasteiger partial charge in [0.15, 0.2) is 0 Å². The summed E-state index contributed by atoms with van der Waals surface area (Å²) < 4.78 is 5.43. The standard InChI is InChI=1S/C17H17BrN2O4/c1-7(21)19-8-2-4-9(5-3-8)20-16(22)12-10-6-11-13(12)17(23)24-15(11)14(10)18/h2-5,10-15H,6H2,1H3,(H,19,21)(H,20,22)/t10-,11-,12-,13+,14-,15+/m1/s1. The Morgan fingerprint density at radius 2 is 1.75 bits per heavy atom. The molecule has 1 aromatic rings. The number of benzene rings is 1. The van der Waals surface area contributed by atoms with Crippen LogP contribution in [0.3, 0.4) is 0 Å². The van der Waals surface area contributed by atoms with E-state index < -0.39 is 0 Å². The number of rotatable bonds is 3. The third-order valence-electron chi connectivity index (χ3n) is 5.30. The van der Waals surface area contributed by atoms with E-state index in [1.807, 2.05) is 0 Å². The average Bonchev–Trinajstić information content (AvgIpc) is 3.13. The lowest BCUT2D eigenvalue weighted by Gasteiger charge is -2.27. The number of hydrogen-bond donors (Lipinski definition) is 2. The summed E-state index contributed by atoms with van der Waals surface area (Å²) in [5.41, 5.74) is 1.31. The molecule has 3 aliphatic rings. The van der Waals surface area contributed by atoms with Gasteiger partial charge in [0, 0.05) is 24.2 Å². The summed E-state index contributed by atoms with van der Waals surface area (Å²) in [6.07, 6.45) is 0.782. The zero-order valence-corrected chi connectivity index (χ0v) is 14.6. The second kappa shape index (κ2) is 5.58. The zero-order valence-electron chi connectivity index (χ0n) is 13.0. The number of alkyl halides is 1. The Balaban J connectivity index is 1.49. The first kappa shape index (κ1) is 15.6. The molecular weight excluding hydrogens is 376 g/mol. The number of esters is 1. The highest BCUT2D eigenvalue weighted by atomic mass is 79.9.